The predicted molar refractivity (Wildman–Crippen MR) is 133 cm³/mol. The van der Waals surface area contributed by atoms with Crippen LogP contribution in [0.1, 0.15) is 27.2 Å². The number of ether oxygens (including phenoxy) is 3. The van der Waals surface area contributed by atoms with E-state index in [9.17, 15) is 9.00 Å². The molecule has 0 fully saturated rings. The monoisotopic (exact) mass is 505 g/mol. The smallest absolute Gasteiger partial charge is 0.261 e. The van der Waals surface area contributed by atoms with Crippen molar-refractivity contribution in [2.75, 3.05) is 31.9 Å². The molecule has 0 saturated heterocycles. The average Bonchev–Trinajstić information content (AvgIpc) is 3.38. The van der Waals surface area contributed by atoms with Gasteiger partial charge in [-0.15, -0.1) is 10.2 Å². The average molecular weight is 506 g/mol. The zero-order valence-electron chi connectivity index (χ0n) is 19.8. The normalized spacial score (nSPS) is 14.3. The van der Waals surface area contributed by atoms with Gasteiger partial charge in [-0.3, -0.25) is 4.79 Å². The Bertz CT molecular complexity index is 1530. The topological polar surface area (TPSA) is 147 Å². The fraction of sp³-hybridized carbons (Fsp3) is 0.200. The molecule has 4 rings (SSSR count). The van der Waals surface area contributed by atoms with E-state index in [0.717, 1.165) is 5.57 Å². The molecule has 1 atom stereocenters. The lowest BCUT2D eigenvalue weighted by Gasteiger charge is -2.16. The molecule has 10 nitrogen and oxygen atoms in total. The number of benzene rings is 2. The first-order chi connectivity index (χ1) is 17.2. The number of aromatic nitrogens is 2. The molecule has 2 N–H and O–H groups in total. The first-order valence-electron chi connectivity index (χ1n) is 10.8. The van der Waals surface area contributed by atoms with E-state index in [0.29, 0.717) is 35.7 Å². The minimum absolute atomic E-state index is 0.0628. The number of methoxy groups -OCH3 is 1. The van der Waals surface area contributed by atoms with Crippen LogP contribution in [-0.2, 0) is 14.5 Å². The molecule has 184 valence electrons. The van der Waals surface area contributed by atoms with Gasteiger partial charge in [0.25, 0.3) is 11.8 Å². The zero-order chi connectivity index (χ0) is 25.9. The van der Waals surface area contributed by atoms with Crippen molar-refractivity contribution in [3.05, 3.63) is 70.9 Å². The van der Waals surface area contributed by atoms with Crippen LogP contribution in [0.4, 0.5) is 5.69 Å². The van der Waals surface area contributed by atoms with Crippen LogP contribution >= 0.6 is 0 Å². The van der Waals surface area contributed by atoms with Crippen LogP contribution in [0, 0.1) is 23.0 Å². The lowest BCUT2D eigenvalue weighted by molar-refractivity contribution is 0.102. The predicted octanol–water partition coefficient (Wildman–Crippen LogP) is 4.16. The number of nitrogens with one attached hydrogen (secondary N) is 2. The highest BCUT2D eigenvalue weighted by Crippen LogP contribution is 2.35. The summed E-state index contributed by atoms with van der Waals surface area (Å²) in [5.41, 5.74) is 2.71. The Labute approximate surface area is 208 Å². The van der Waals surface area contributed by atoms with E-state index >= 15 is 0 Å². The van der Waals surface area contributed by atoms with E-state index in [1.807, 2.05) is 12.1 Å². The molecule has 0 aliphatic carbocycles. The number of nitriles is 1. The maximum Gasteiger partial charge on any atom is 0.261 e. The van der Waals surface area contributed by atoms with E-state index in [1.165, 1.54) is 25.5 Å². The summed E-state index contributed by atoms with van der Waals surface area (Å²) >= 11 is 0. The van der Waals surface area contributed by atoms with Crippen molar-refractivity contribution in [2.45, 2.75) is 11.8 Å². The van der Waals surface area contributed by atoms with Gasteiger partial charge in [-0.2, -0.15) is 5.26 Å². The lowest BCUT2D eigenvalue weighted by atomic mass is 10.0. The fourth-order valence-electron chi connectivity index (χ4n) is 3.63. The highest BCUT2D eigenvalue weighted by Gasteiger charge is 2.25. The summed E-state index contributed by atoms with van der Waals surface area (Å²) in [5, 5.41) is 20.4. The Morgan fingerprint density at radius 2 is 2.03 bits per heavy atom. The lowest BCUT2D eigenvalue weighted by Crippen LogP contribution is -2.18. The standard InChI is InChI=1S/C25H23N5O5S/c1-15-22(24(31)28-18-5-4-6-19(12-18)36(3,27)32)25(30-29-23(15)17-9-10-34-14-17)35-20-8-7-16(13-26)11-21(20)33-2/h4-9,11-12,27H,10,14H2,1-3H3,(H,28,31). The summed E-state index contributed by atoms with van der Waals surface area (Å²) in [4.78, 5) is 13.8. The molecular weight excluding hydrogens is 482 g/mol. The number of nitrogens with zero attached hydrogens (tertiary/aromatic N) is 3. The summed E-state index contributed by atoms with van der Waals surface area (Å²) in [6.07, 6.45) is 3.18. The van der Waals surface area contributed by atoms with E-state index in [2.05, 4.69) is 15.5 Å². The molecular formula is C25H23N5O5S. The molecule has 1 unspecified atom stereocenters. The van der Waals surface area contributed by atoms with Gasteiger partial charge in [0.05, 0.1) is 47.4 Å². The molecule has 2 aromatic carbocycles. The third kappa shape index (κ3) is 5.19. The first kappa shape index (κ1) is 24.8. The van der Waals surface area contributed by atoms with Crippen molar-refractivity contribution in [1.82, 2.24) is 10.2 Å². The summed E-state index contributed by atoms with van der Waals surface area (Å²) in [7, 11) is -1.53. The number of carbonyl (C=O) groups is 1. The highest BCUT2D eigenvalue weighted by atomic mass is 32.2. The van der Waals surface area contributed by atoms with Gasteiger partial charge in [0.15, 0.2) is 11.5 Å². The van der Waals surface area contributed by atoms with Gasteiger partial charge in [0, 0.05) is 28.5 Å². The van der Waals surface area contributed by atoms with Gasteiger partial charge in [-0.1, -0.05) is 12.1 Å². The maximum atomic E-state index is 13.5. The van der Waals surface area contributed by atoms with Crippen LogP contribution in [0.3, 0.4) is 0 Å². The summed E-state index contributed by atoms with van der Waals surface area (Å²) < 4.78 is 36.7. The number of anilines is 1. The molecule has 1 aliphatic rings. The molecule has 0 saturated carbocycles. The number of rotatable bonds is 7. The Balaban J connectivity index is 1.77. The van der Waals surface area contributed by atoms with Gasteiger partial charge in [-0.25, -0.2) is 8.99 Å². The molecule has 3 aromatic rings. The molecule has 36 heavy (non-hydrogen) atoms. The van der Waals surface area contributed by atoms with E-state index < -0.39 is 15.6 Å². The Kier molecular flexibility index (Phi) is 7.00. The van der Waals surface area contributed by atoms with Gasteiger partial charge >= 0.3 is 0 Å². The van der Waals surface area contributed by atoms with Crippen LogP contribution in [0.5, 0.6) is 17.4 Å². The summed E-state index contributed by atoms with van der Waals surface area (Å²) in [6.45, 7) is 2.52. The molecule has 2 heterocycles. The van der Waals surface area contributed by atoms with Gasteiger partial charge < -0.3 is 19.5 Å². The van der Waals surface area contributed by atoms with Crippen molar-refractivity contribution >= 4 is 26.9 Å². The van der Waals surface area contributed by atoms with Crippen LogP contribution in [0.15, 0.2) is 53.4 Å². The quantitative estimate of drug-likeness (QED) is 0.486. The van der Waals surface area contributed by atoms with Gasteiger partial charge in [-0.05, 0) is 42.8 Å². The highest BCUT2D eigenvalue weighted by molar-refractivity contribution is 7.91. The van der Waals surface area contributed by atoms with Gasteiger partial charge in [0.2, 0.25) is 0 Å². The summed E-state index contributed by atoms with van der Waals surface area (Å²) in [6, 6.07) is 13.0. The minimum atomic E-state index is -2.97. The Morgan fingerprint density at radius 3 is 2.69 bits per heavy atom. The third-order valence-corrected chi connectivity index (χ3v) is 6.62. The van der Waals surface area contributed by atoms with E-state index in [-0.39, 0.29) is 27.8 Å². The largest absolute Gasteiger partial charge is 0.493 e. The molecule has 0 bridgehead atoms. The van der Waals surface area contributed by atoms with Gasteiger partial charge in [0.1, 0.15) is 5.56 Å². The second-order valence-corrected chi connectivity index (χ2v) is 10.2. The molecule has 1 aliphatic heterocycles. The molecule has 0 spiro atoms. The van der Waals surface area contributed by atoms with Crippen LogP contribution in [0.25, 0.3) is 5.57 Å². The summed E-state index contributed by atoms with van der Waals surface area (Å²) in [5.74, 6) is -0.0586. The maximum absolute atomic E-state index is 13.5. The van der Waals surface area contributed by atoms with E-state index in [4.69, 9.17) is 24.3 Å². The molecule has 11 heteroatoms. The van der Waals surface area contributed by atoms with Crippen LogP contribution < -0.4 is 14.8 Å². The fourth-order valence-corrected chi connectivity index (χ4v) is 4.32. The first-order valence-corrected chi connectivity index (χ1v) is 12.7. The van der Waals surface area contributed by atoms with Crippen molar-refractivity contribution < 1.29 is 23.2 Å². The zero-order valence-corrected chi connectivity index (χ0v) is 20.6. The second-order valence-electron chi connectivity index (χ2n) is 8.00. The number of amides is 1. The van der Waals surface area contributed by atoms with Crippen molar-refractivity contribution in [3.63, 3.8) is 0 Å². The Hall–Kier alpha value is -4.27. The number of hydrogen-bond acceptors (Lipinski definition) is 9. The van der Waals surface area contributed by atoms with Crippen LogP contribution in [-0.4, -0.2) is 46.9 Å². The molecule has 0 radical (unpaired) electrons. The van der Waals surface area contributed by atoms with Crippen molar-refractivity contribution in [3.8, 4) is 23.4 Å². The van der Waals surface area contributed by atoms with Crippen molar-refractivity contribution in [1.29, 1.82) is 10.0 Å². The Morgan fingerprint density at radius 1 is 1.22 bits per heavy atom. The second kappa shape index (κ2) is 10.2. The molecule has 1 amide bonds. The number of carbonyl (C=O) groups excluding carboxylic acids is 1. The molecule has 1 aromatic heterocycles. The SMILES string of the molecule is COc1cc(C#N)ccc1Oc1nnc(C2=CCOC2)c(C)c1C(=O)Nc1cccc(S(C)(=N)=O)c1. The van der Waals surface area contributed by atoms with Crippen molar-refractivity contribution in [2.24, 2.45) is 0 Å². The third-order valence-electron chi connectivity index (χ3n) is 5.46. The van der Waals surface area contributed by atoms with Crippen LogP contribution in [0.2, 0.25) is 0 Å². The number of hydrogen-bond donors (Lipinski definition) is 2. The minimum Gasteiger partial charge on any atom is -0.493 e. The van der Waals surface area contributed by atoms with E-state index in [1.54, 1.807) is 37.3 Å².